The molecule has 4 nitrogen and oxygen atoms in total. The van der Waals surface area contributed by atoms with E-state index in [1.54, 1.807) is 6.20 Å². The maximum atomic E-state index is 5.77. The third-order valence-electron chi connectivity index (χ3n) is 3.12. The van der Waals surface area contributed by atoms with E-state index >= 15 is 0 Å². The van der Waals surface area contributed by atoms with Gasteiger partial charge in [0.15, 0.2) is 5.65 Å². The fraction of sp³-hybridized carbons (Fsp3) is 0.375. The molecule has 3 heterocycles. The van der Waals surface area contributed by atoms with Crippen LogP contribution in [0.25, 0.3) is 17.0 Å². The van der Waals surface area contributed by atoms with Crippen molar-refractivity contribution in [3.63, 3.8) is 0 Å². The lowest BCUT2D eigenvalue weighted by atomic mass is 9.92. The van der Waals surface area contributed by atoms with Gasteiger partial charge in [-0.1, -0.05) is 20.8 Å². The summed E-state index contributed by atoms with van der Waals surface area (Å²) in [5.74, 6) is 2.66. The first-order valence-electron chi connectivity index (χ1n) is 6.83. The number of furan rings is 1. The zero-order valence-electron chi connectivity index (χ0n) is 12.3. The van der Waals surface area contributed by atoms with Crippen LogP contribution in [0, 0.1) is 12.3 Å². The lowest BCUT2D eigenvalue weighted by molar-refractivity contribution is 0.395. The maximum absolute atomic E-state index is 5.77. The molecule has 20 heavy (non-hydrogen) atoms. The van der Waals surface area contributed by atoms with Crippen molar-refractivity contribution < 1.29 is 4.42 Å². The third kappa shape index (κ3) is 2.33. The number of hydrogen-bond acceptors (Lipinski definition) is 3. The van der Waals surface area contributed by atoms with Gasteiger partial charge in [-0.2, -0.15) is 0 Å². The molecule has 0 N–H and O–H groups in total. The summed E-state index contributed by atoms with van der Waals surface area (Å²) in [6, 6.07) is 7.83. The maximum Gasteiger partial charge on any atom is 0.206 e. The Balaban J connectivity index is 2.23. The normalized spacial score (nSPS) is 12.2. The summed E-state index contributed by atoms with van der Waals surface area (Å²) in [6.07, 6.45) is 2.65. The van der Waals surface area contributed by atoms with Crippen molar-refractivity contribution >= 4 is 11.2 Å². The molecule has 4 heteroatoms. The van der Waals surface area contributed by atoms with E-state index in [1.807, 2.05) is 35.8 Å². The molecule has 0 amide bonds. The van der Waals surface area contributed by atoms with Crippen LogP contribution in [0.5, 0.6) is 0 Å². The smallest absolute Gasteiger partial charge is 0.206 e. The second-order valence-electron chi connectivity index (χ2n) is 6.33. The Kier molecular flexibility index (Phi) is 2.89. The molecular formula is C16H19N3O. The van der Waals surface area contributed by atoms with E-state index in [1.165, 1.54) is 0 Å². The fourth-order valence-electron chi connectivity index (χ4n) is 2.33. The molecule has 0 saturated heterocycles. The van der Waals surface area contributed by atoms with E-state index in [4.69, 9.17) is 9.40 Å². The van der Waals surface area contributed by atoms with Crippen LogP contribution >= 0.6 is 0 Å². The van der Waals surface area contributed by atoms with Crippen molar-refractivity contribution in [3.8, 4) is 5.88 Å². The van der Waals surface area contributed by atoms with Crippen LogP contribution in [0.2, 0.25) is 0 Å². The molecule has 0 aromatic carbocycles. The van der Waals surface area contributed by atoms with Crippen molar-refractivity contribution in [2.75, 3.05) is 0 Å². The molecule has 0 atom stereocenters. The topological polar surface area (TPSA) is 43.9 Å². The second kappa shape index (κ2) is 4.47. The molecular weight excluding hydrogens is 250 g/mol. The molecule has 3 rings (SSSR count). The van der Waals surface area contributed by atoms with Gasteiger partial charge in [0.05, 0.1) is 0 Å². The van der Waals surface area contributed by atoms with Crippen LogP contribution in [0.4, 0.5) is 0 Å². The van der Waals surface area contributed by atoms with Crippen LogP contribution < -0.4 is 0 Å². The zero-order chi connectivity index (χ0) is 14.3. The van der Waals surface area contributed by atoms with Gasteiger partial charge in [-0.05, 0) is 30.5 Å². The largest absolute Gasteiger partial charge is 0.445 e. The SMILES string of the molecule is Cc1ccc(-n2c(CC(C)(C)C)nc3cccnc32)o1. The van der Waals surface area contributed by atoms with Gasteiger partial charge < -0.3 is 4.42 Å². The number of hydrogen-bond donors (Lipinski definition) is 0. The van der Waals surface area contributed by atoms with E-state index in [9.17, 15) is 0 Å². The van der Waals surface area contributed by atoms with Gasteiger partial charge in [-0.15, -0.1) is 0 Å². The summed E-state index contributed by atoms with van der Waals surface area (Å²) >= 11 is 0. The average molecular weight is 269 g/mol. The zero-order valence-corrected chi connectivity index (χ0v) is 12.3. The van der Waals surface area contributed by atoms with E-state index in [2.05, 4.69) is 25.8 Å². The van der Waals surface area contributed by atoms with E-state index in [0.29, 0.717) is 0 Å². The molecule has 0 unspecified atom stereocenters. The summed E-state index contributed by atoms with van der Waals surface area (Å²) in [5.41, 5.74) is 1.91. The van der Waals surface area contributed by atoms with Gasteiger partial charge in [-0.3, -0.25) is 0 Å². The quantitative estimate of drug-likeness (QED) is 0.708. The minimum Gasteiger partial charge on any atom is -0.445 e. The highest BCUT2D eigenvalue weighted by Crippen LogP contribution is 2.26. The molecule has 0 fully saturated rings. The summed E-state index contributed by atoms with van der Waals surface area (Å²) in [7, 11) is 0. The van der Waals surface area contributed by atoms with Gasteiger partial charge in [0.1, 0.15) is 17.1 Å². The van der Waals surface area contributed by atoms with Crippen LogP contribution in [0.3, 0.4) is 0 Å². The standard InChI is InChI=1S/C16H19N3O/c1-11-7-8-14(20-11)19-13(10-16(2,3)4)18-12-6-5-9-17-15(12)19/h5-9H,10H2,1-4H3. The predicted octanol–water partition coefficient (Wildman–Crippen LogP) is 3.91. The lowest BCUT2D eigenvalue weighted by Gasteiger charge is -2.17. The lowest BCUT2D eigenvalue weighted by Crippen LogP contribution is -2.13. The van der Waals surface area contributed by atoms with Crippen LogP contribution in [0.15, 0.2) is 34.9 Å². The summed E-state index contributed by atoms with van der Waals surface area (Å²) in [5, 5.41) is 0. The molecule has 0 aliphatic heterocycles. The molecule has 0 aliphatic rings. The Morgan fingerprint density at radius 3 is 2.65 bits per heavy atom. The predicted molar refractivity (Wildman–Crippen MR) is 79.0 cm³/mol. The number of nitrogens with zero attached hydrogens (tertiary/aromatic N) is 3. The molecule has 3 aromatic heterocycles. The van der Waals surface area contributed by atoms with Gasteiger partial charge >= 0.3 is 0 Å². The Morgan fingerprint density at radius 1 is 1.20 bits per heavy atom. The first kappa shape index (κ1) is 12.9. The Labute approximate surface area is 118 Å². The molecule has 0 radical (unpaired) electrons. The van der Waals surface area contributed by atoms with Crippen molar-refractivity contribution in [2.24, 2.45) is 5.41 Å². The third-order valence-corrected chi connectivity index (χ3v) is 3.12. The van der Waals surface area contributed by atoms with E-state index in [-0.39, 0.29) is 5.41 Å². The highest BCUT2D eigenvalue weighted by atomic mass is 16.4. The fourth-order valence-corrected chi connectivity index (χ4v) is 2.33. The van der Waals surface area contributed by atoms with Crippen molar-refractivity contribution in [1.29, 1.82) is 0 Å². The van der Waals surface area contributed by atoms with Gasteiger partial charge in [-0.25, -0.2) is 14.5 Å². The van der Waals surface area contributed by atoms with Gasteiger partial charge in [0.25, 0.3) is 0 Å². The number of pyridine rings is 1. The Hall–Kier alpha value is -2.10. The minimum absolute atomic E-state index is 0.154. The molecule has 0 bridgehead atoms. The van der Waals surface area contributed by atoms with Crippen molar-refractivity contribution in [2.45, 2.75) is 34.1 Å². The van der Waals surface area contributed by atoms with E-state index in [0.717, 1.165) is 35.1 Å². The van der Waals surface area contributed by atoms with Crippen molar-refractivity contribution in [1.82, 2.24) is 14.5 Å². The first-order valence-corrected chi connectivity index (χ1v) is 6.83. The number of fused-ring (bicyclic) bond motifs is 1. The molecule has 0 saturated carbocycles. The molecule has 0 spiro atoms. The number of imidazole rings is 1. The molecule has 104 valence electrons. The Morgan fingerprint density at radius 2 is 2.00 bits per heavy atom. The monoisotopic (exact) mass is 269 g/mol. The molecule has 3 aromatic rings. The van der Waals surface area contributed by atoms with E-state index < -0.39 is 0 Å². The van der Waals surface area contributed by atoms with Gasteiger partial charge in [0.2, 0.25) is 5.88 Å². The number of rotatable bonds is 2. The van der Waals surface area contributed by atoms with Gasteiger partial charge in [0, 0.05) is 18.7 Å². The average Bonchev–Trinajstić information content (AvgIpc) is 2.90. The first-order chi connectivity index (χ1) is 9.44. The number of aryl methyl sites for hydroxylation is 1. The summed E-state index contributed by atoms with van der Waals surface area (Å²) < 4.78 is 7.80. The highest BCUT2D eigenvalue weighted by molar-refractivity contribution is 5.73. The van der Waals surface area contributed by atoms with Crippen LogP contribution in [0.1, 0.15) is 32.4 Å². The highest BCUT2D eigenvalue weighted by Gasteiger charge is 2.20. The summed E-state index contributed by atoms with van der Waals surface area (Å²) in [6.45, 7) is 8.56. The van der Waals surface area contributed by atoms with Crippen LogP contribution in [-0.4, -0.2) is 14.5 Å². The minimum atomic E-state index is 0.154. The Bertz CT molecular complexity index is 747. The number of aromatic nitrogens is 3. The second-order valence-corrected chi connectivity index (χ2v) is 6.33. The van der Waals surface area contributed by atoms with Crippen LogP contribution in [-0.2, 0) is 6.42 Å². The summed E-state index contributed by atoms with van der Waals surface area (Å²) in [4.78, 5) is 9.18. The van der Waals surface area contributed by atoms with Crippen molar-refractivity contribution in [3.05, 3.63) is 42.0 Å². The molecule has 0 aliphatic carbocycles.